The molecule has 0 fully saturated rings. The monoisotopic (exact) mass is 667 g/mol. The standard InChI is InChI=1S/C49H33NS/c1-2-11-32(12-3-1)33-21-23-34(24-22-33)35-25-27-36(28-26-35)37-29-30-47-43(31-37)49(41-16-6-9-20-46(41)51-47)40-15-5-8-19-45(40)50-44-18-7-4-13-38(44)39-14-10-17-42(49)48(39)50/h1-25,27,29-31H,26,28H2. The van der Waals surface area contributed by atoms with E-state index in [1.165, 1.54) is 92.9 Å². The van der Waals surface area contributed by atoms with E-state index in [1.54, 1.807) is 0 Å². The van der Waals surface area contributed by atoms with Crippen molar-refractivity contribution in [1.29, 1.82) is 0 Å². The molecule has 2 aliphatic heterocycles. The van der Waals surface area contributed by atoms with E-state index in [1.807, 2.05) is 11.8 Å². The number of aromatic nitrogens is 1. The molecule has 1 aromatic heterocycles. The summed E-state index contributed by atoms with van der Waals surface area (Å²) in [5.41, 5.74) is 16.8. The van der Waals surface area contributed by atoms with Gasteiger partial charge >= 0.3 is 0 Å². The van der Waals surface area contributed by atoms with E-state index in [2.05, 4.69) is 181 Å². The molecule has 3 aliphatic rings. The van der Waals surface area contributed by atoms with E-state index in [-0.39, 0.29) is 0 Å². The number of allylic oxidation sites excluding steroid dienone is 4. The smallest absolute Gasteiger partial charge is 0.0764 e. The molecule has 0 amide bonds. The summed E-state index contributed by atoms with van der Waals surface area (Å²) in [7, 11) is 0. The van der Waals surface area contributed by atoms with E-state index < -0.39 is 5.41 Å². The van der Waals surface area contributed by atoms with Crippen molar-refractivity contribution in [2.75, 3.05) is 0 Å². The Balaban J connectivity index is 1.10. The predicted molar refractivity (Wildman–Crippen MR) is 214 cm³/mol. The SMILES string of the molecule is C1=C(c2ccc(-c3ccccc3)cc2)CCC(c2ccc3c(c2)C2(c4ccccc4S3)c3ccccc3-n3c4ccccc4c4cccc2c43)=C1. The Kier molecular flexibility index (Phi) is 6.29. The van der Waals surface area contributed by atoms with Gasteiger partial charge in [0.2, 0.25) is 0 Å². The summed E-state index contributed by atoms with van der Waals surface area (Å²) in [6.07, 6.45) is 6.77. The normalized spacial score (nSPS) is 17.1. The number of benzene rings is 7. The van der Waals surface area contributed by atoms with E-state index in [9.17, 15) is 0 Å². The molecule has 1 atom stereocenters. The summed E-state index contributed by atoms with van der Waals surface area (Å²) in [6, 6.07) is 61.1. The van der Waals surface area contributed by atoms with Gasteiger partial charge in [0, 0.05) is 20.6 Å². The third kappa shape index (κ3) is 4.11. The third-order valence-electron chi connectivity index (χ3n) is 11.4. The minimum absolute atomic E-state index is 0.454. The minimum atomic E-state index is -0.454. The molecule has 1 aliphatic carbocycles. The molecule has 0 bridgehead atoms. The van der Waals surface area contributed by atoms with Gasteiger partial charge in [0.05, 0.1) is 22.1 Å². The molecule has 7 aromatic carbocycles. The zero-order valence-corrected chi connectivity index (χ0v) is 28.8. The van der Waals surface area contributed by atoms with Crippen LogP contribution in [0.25, 0.3) is 49.8 Å². The maximum atomic E-state index is 2.53. The first-order valence-electron chi connectivity index (χ1n) is 17.9. The van der Waals surface area contributed by atoms with Crippen LogP contribution in [0.5, 0.6) is 0 Å². The van der Waals surface area contributed by atoms with Gasteiger partial charge in [-0.15, -0.1) is 0 Å². The zero-order chi connectivity index (χ0) is 33.5. The highest BCUT2D eigenvalue weighted by molar-refractivity contribution is 7.99. The van der Waals surface area contributed by atoms with Gasteiger partial charge in [-0.25, -0.2) is 0 Å². The van der Waals surface area contributed by atoms with Crippen LogP contribution >= 0.6 is 11.8 Å². The van der Waals surface area contributed by atoms with Gasteiger partial charge in [-0.1, -0.05) is 157 Å². The number of hydrogen-bond donors (Lipinski definition) is 0. The van der Waals surface area contributed by atoms with Crippen molar-refractivity contribution in [2.24, 2.45) is 0 Å². The second-order valence-corrected chi connectivity index (χ2v) is 15.0. The van der Waals surface area contributed by atoms with E-state index in [0.717, 1.165) is 12.8 Å². The number of hydrogen-bond acceptors (Lipinski definition) is 1. The Bertz CT molecular complexity index is 2760. The summed E-state index contributed by atoms with van der Waals surface area (Å²) in [5, 5.41) is 2.62. The summed E-state index contributed by atoms with van der Waals surface area (Å²) in [5.74, 6) is 0. The van der Waals surface area contributed by atoms with Crippen LogP contribution in [0.15, 0.2) is 186 Å². The predicted octanol–water partition coefficient (Wildman–Crippen LogP) is 12.9. The fraction of sp³-hybridized carbons (Fsp3) is 0.0612. The molecule has 8 aromatic rings. The van der Waals surface area contributed by atoms with Gasteiger partial charge in [0.15, 0.2) is 0 Å². The molecular formula is C49H33NS. The Labute approximate surface area is 302 Å². The number of rotatable bonds is 3. The number of fused-ring (bicyclic) bond motifs is 11. The topological polar surface area (TPSA) is 4.93 Å². The lowest BCUT2D eigenvalue weighted by atomic mass is 9.62. The molecule has 1 spiro atoms. The molecule has 0 saturated carbocycles. The molecule has 0 N–H and O–H groups in total. The van der Waals surface area contributed by atoms with E-state index in [4.69, 9.17) is 0 Å². The number of nitrogens with zero attached hydrogens (tertiary/aromatic N) is 1. The first-order chi connectivity index (χ1) is 25.3. The van der Waals surface area contributed by atoms with Crippen molar-refractivity contribution in [3.8, 4) is 16.8 Å². The molecule has 11 rings (SSSR count). The highest BCUT2D eigenvalue weighted by Gasteiger charge is 2.49. The van der Waals surface area contributed by atoms with Crippen LogP contribution < -0.4 is 0 Å². The van der Waals surface area contributed by atoms with Gasteiger partial charge in [0.1, 0.15) is 0 Å². The van der Waals surface area contributed by atoms with Crippen LogP contribution in [0, 0.1) is 0 Å². The van der Waals surface area contributed by atoms with Crippen LogP contribution in [0.4, 0.5) is 0 Å². The van der Waals surface area contributed by atoms with Crippen LogP contribution in [0.2, 0.25) is 0 Å². The average Bonchev–Trinajstić information content (AvgIpc) is 3.55. The van der Waals surface area contributed by atoms with Crippen molar-refractivity contribution in [1.82, 2.24) is 4.57 Å². The molecule has 2 heteroatoms. The molecular weight excluding hydrogens is 635 g/mol. The molecule has 1 nitrogen and oxygen atoms in total. The van der Waals surface area contributed by atoms with Crippen LogP contribution in [0.1, 0.15) is 46.2 Å². The van der Waals surface area contributed by atoms with E-state index in [0.29, 0.717) is 0 Å². The molecule has 1 unspecified atom stereocenters. The molecule has 0 saturated heterocycles. The molecule has 3 heterocycles. The van der Waals surface area contributed by atoms with Gasteiger partial charge in [0.25, 0.3) is 0 Å². The highest BCUT2D eigenvalue weighted by atomic mass is 32.2. The van der Waals surface area contributed by atoms with Gasteiger partial charge in [-0.2, -0.15) is 0 Å². The quantitative estimate of drug-likeness (QED) is 0.182. The first kappa shape index (κ1) is 29.0. The lowest BCUT2D eigenvalue weighted by molar-refractivity contribution is 0.689. The third-order valence-corrected chi connectivity index (χ3v) is 12.6. The number of para-hydroxylation sites is 3. The molecule has 240 valence electrons. The second-order valence-electron chi connectivity index (χ2n) is 14.0. The van der Waals surface area contributed by atoms with Crippen molar-refractivity contribution in [3.63, 3.8) is 0 Å². The van der Waals surface area contributed by atoms with Crippen molar-refractivity contribution >= 4 is 44.7 Å². The summed E-state index contributed by atoms with van der Waals surface area (Å²) in [4.78, 5) is 2.66. The van der Waals surface area contributed by atoms with Crippen molar-refractivity contribution in [2.45, 2.75) is 28.0 Å². The second kappa shape index (κ2) is 11.1. The average molecular weight is 668 g/mol. The van der Waals surface area contributed by atoms with Gasteiger partial charge in [-0.3, -0.25) is 0 Å². The van der Waals surface area contributed by atoms with Crippen LogP contribution in [-0.2, 0) is 5.41 Å². The summed E-state index contributed by atoms with van der Waals surface area (Å²) in [6.45, 7) is 0. The Morgan fingerprint density at radius 3 is 1.88 bits per heavy atom. The minimum Gasteiger partial charge on any atom is -0.309 e. The summed E-state index contributed by atoms with van der Waals surface area (Å²) < 4.78 is 2.52. The first-order valence-corrected chi connectivity index (χ1v) is 18.7. The van der Waals surface area contributed by atoms with Gasteiger partial charge < -0.3 is 4.57 Å². The van der Waals surface area contributed by atoms with Crippen molar-refractivity contribution < 1.29 is 0 Å². The van der Waals surface area contributed by atoms with Crippen LogP contribution in [-0.4, -0.2) is 4.57 Å². The maximum Gasteiger partial charge on any atom is 0.0764 e. The molecule has 51 heavy (non-hydrogen) atoms. The maximum absolute atomic E-state index is 2.53. The fourth-order valence-electron chi connectivity index (χ4n) is 9.15. The Morgan fingerprint density at radius 1 is 0.431 bits per heavy atom. The van der Waals surface area contributed by atoms with Gasteiger partial charge in [-0.05, 0) is 98.8 Å². The Morgan fingerprint density at radius 2 is 1.04 bits per heavy atom. The van der Waals surface area contributed by atoms with E-state index >= 15 is 0 Å². The van der Waals surface area contributed by atoms with Crippen LogP contribution in [0.3, 0.4) is 0 Å². The lowest BCUT2D eigenvalue weighted by Crippen LogP contribution is -2.37. The molecule has 0 radical (unpaired) electrons. The van der Waals surface area contributed by atoms with Crippen molar-refractivity contribution in [3.05, 3.63) is 209 Å². The fourth-order valence-corrected chi connectivity index (χ4v) is 10.3. The Hall–Kier alpha value is -5.83. The summed E-state index contributed by atoms with van der Waals surface area (Å²) >= 11 is 1.91. The zero-order valence-electron chi connectivity index (χ0n) is 28.0. The largest absolute Gasteiger partial charge is 0.309 e. The lowest BCUT2D eigenvalue weighted by Gasteiger charge is -2.45. The highest BCUT2D eigenvalue weighted by Crippen LogP contribution is 2.60.